The molecular weight excluding hydrogens is 452 g/mol. The molecule has 2 heterocycles. The van der Waals surface area contributed by atoms with E-state index in [1.807, 2.05) is 25.3 Å². The van der Waals surface area contributed by atoms with Gasteiger partial charge in [0.05, 0.1) is 21.0 Å². The molecule has 0 N–H and O–H groups in total. The highest BCUT2D eigenvalue weighted by atomic mass is 79.9. The summed E-state index contributed by atoms with van der Waals surface area (Å²) in [5.74, 6) is -0.698. The zero-order chi connectivity index (χ0) is 20.0. The Kier molecular flexibility index (Phi) is 8.00. The van der Waals surface area contributed by atoms with Gasteiger partial charge in [-0.15, -0.1) is 22.7 Å². The summed E-state index contributed by atoms with van der Waals surface area (Å²) in [6.07, 6.45) is 3.03. The van der Waals surface area contributed by atoms with Crippen LogP contribution in [0.5, 0.6) is 0 Å². The van der Waals surface area contributed by atoms with Crippen molar-refractivity contribution in [3.8, 4) is 0 Å². The van der Waals surface area contributed by atoms with Crippen LogP contribution >= 0.6 is 38.6 Å². The molecule has 0 spiro atoms. The molecule has 27 heavy (non-hydrogen) atoms. The summed E-state index contributed by atoms with van der Waals surface area (Å²) in [6, 6.07) is 1.91. The van der Waals surface area contributed by atoms with Gasteiger partial charge in [0.1, 0.15) is 11.2 Å². The second-order valence-corrected chi connectivity index (χ2v) is 8.84. The maximum atomic E-state index is 12.9. The van der Waals surface area contributed by atoms with Crippen LogP contribution in [0.2, 0.25) is 0 Å². The molecule has 2 rings (SSSR count). The lowest BCUT2D eigenvalue weighted by Gasteiger charge is -2.18. The number of likely N-dealkylation sites (N-methyl/N-ethyl adjacent to an activating group) is 1. The number of carbonyl (C=O) groups is 2. The van der Waals surface area contributed by atoms with Crippen molar-refractivity contribution in [2.75, 3.05) is 19.7 Å². The van der Waals surface area contributed by atoms with Crippen molar-refractivity contribution in [2.45, 2.75) is 27.3 Å². The molecular formula is C18H21BrN2O4S2. The average Bonchev–Trinajstić information content (AvgIpc) is 3.15. The van der Waals surface area contributed by atoms with Crippen LogP contribution in [0.4, 0.5) is 0 Å². The maximum Gasteiger partial charge on any atom is 0.333 e. The Balaban J connectivity index is 2.55. The molecule has 0 aliphatic carbocycles. The summed E-state index contributed by atoms with van der Waals surface area (Å²) in [7, 11) is 0. The van der Waals surface area contributed by atoms with E-state index in [2.05, 4.69) is 15.9 Å². The van der Waals surface area contributed by atoms with Crippen LogP contribution in [-0.4, -0.2) is 41.0 Å². The van der Waals surface area contributed by atoms with Gasteiger partial charge in [-0.3, -0.25) is 14.2 Å². The number of ether oxygens (including phenoxy) is 1. The van der Waals surface area contributed by atoms with Crippen LogP contribution in [0, 0.1) is 0 Å². The SMILES string of the molecule is CCOC(=O)/C=c1\s/c(=C\c2csc(Br)c2)c(=O)n1CC(=O)N(CC)CC. The monoisotopic (exact) mass is 472 g/mol. The van der Waals surface area contributed by atoms with E-state index in [4.69, 9.17) is 4.74 Å². The van der Waals surface area contributed by atoms with E-state index in [0.717, 1.165) is 9.35 Å². The number of aromatic nitrogens is 1. The fraction of sp³-hybridized carbons (Fsp3) is 0.389. The first-order chi connectivity index (χ1) is 12.9. The van der Waals surface area contributed by atoms with Gasteiger partial charge in [0.2, 0.25) is 5.91 Å². The van der Waals surface area contributed by atoms with Crippen LogP contribution < -0.4 is 14.8 Å². The van der Waals surface area contributed by atoms with Crippen LogP contribution in [0.1, 0.15) is 26.3 Å². The van der Waals surface area contributed by atoms with E-state index in [1.54, 1.807) is 17.9 Å². The lowest BCUT2D eigenvalue weighted by molar-refractivity contribution is -0.135. The zero-order valence-corrected chi connectivity index (χ0v) is 18.6. The lowest BCUT2D eigenvalue weighted by Crippen LogP contribution is -2.40. The Morgan fingerprint density at radius 2 is 2.00 bits per heavy atom. The summed E-state index contributed by atoms with van der Waals surface area (Å²) < 4.78 is 8.12. The fourth-order valence-corrected chi connectivity index (χ4v) is 4.60. The van der Waals surface area contributed by atoms with E-state index in [0.29, 0.717) is 22.3 Å². The van der Waals surface area contributed by atoms with Crippen molar-refractivity contribution >= 4 is 62.6 Å². The molecule has 0 fully saturated rings. The number of esters is 1. The third-order valence-corrected chi connectivity index (χ3v) is 6.34. The van der Waals surface area contributed by atoms with Crippen molar-refractivity contribution in [3.05, 3.63) is 40.3 Å². The number of halogens is 1. The number of thiazole rings is 1. The normalized spacial score (nSPS) is 12.4. The number of amides is 1. The molecule has 0 aromatic carbocycles. The minimum absolute atomic E-state index is 0.108. The molecule has 146 valence electrons. The van der Waals surface area contributed by atoms with Gasteiger partial charge in [-0.1, -0.05) is 0 Å². The van der Waals surface area contributed by atoms with E-state index in [-0.39, 0.29) is 24.6 Å². The van der Waals surface area contributed by atoms with E-state index in [9.17, 15) is 14.4 Å². The summed E-state index contributed by atoms with van der Waals surface area (Å²) in [5.41, 5.74) is 0.591. The predicted molar refractivity (Wildman–Crippen MR) is 112 cm³/mol. The first-order valence-corrected chi connectivity index (χ1v) is 11.0. The molecule has 0 atom stereocenters. The molecule has 9 heteroatoms. The number of thiophene rings is 1. The highest BCUT2D eigenvalue weighted by Crippen LogP contribution is 2.20. The third kappa shape index (κ3) is 5.63. The summed E-state index contributed by atoms with van der Waals surface area (Å²) >= 11 is 6.09. The number of hydrogen-bond acceptors (Lipinski definition) is 6. The number of carbonyl (C=O) groups excluding carboxylic acids is 2. The zero-order valence-electron chi connectivity index (χ0n) is 15.4. The summed E-state index contributed by atoms with van der Waals surface area (Å²) in [6.45, 7) is 6.74. The van der Waals surface area contributed by atoms with Gasteiger partial charge in [-0.2, -0.15) is 0 Å². The largest absolute Gasteiger partial charge is 0.463 e. The Bertz CT molecular complexity index is 986. The summed E-state index contributed by atoms with van der Waals surface area (Å²) in [4.78, 5) is 38.9. The molecule has 0 unspecified atom stereocenters. The number of nitrogens with zero attached hydrogens (tertiary/aromatic N) is 2. The van der Waals surface area contributed by atoms with Gasteiger partial charge >= 0.3 is 5.97 Å². The highest BCUT2D eigenvalue weighted by Gasteiger charge is 2.14. The predicted octanol–water partition coefficient (Wildman–Crippen LogP) is 1.77. The van der Waals surface area contributed by atoms with Crippen molar-refractivity contribution in [2.24, 2.45) is 0 Å². The molecule has 0 aliphatic heterocycles. The van der Waals surface area contributed by atoms with Gasteiger partial charge in [-0.05, 0) is 59.8 Å². The van der Waals surface area contributed by atoms with Gasteiger partial charge in [0.15, 0.2) is 0 Å². The Morgan fingerprint density at radius 3 is 2.56 bits per heavy atom. The summed E-state index contributed by atoms with van der Waals surface area (Å²) in [5, 5.41) is 1.92. The Morgan fingerprint density at radius 1 is 1.30 bits per heavy atom. The van der Waals surface area contributed by atoms with Crippen LogP contribution in [-0.2, 0) is 20.9 Å². The van der Waals surface area contributed by atoms with Crippen molar-refractivity contribution in [1.82, 2.24) is 9.47 Å². The molecule has 0 aliphatic rings. The first kappa shape index (κ1) is 21.6. The molecule has 0 saturated carbocycles. The molecule has 1 amide bonds. The third-order valence-electron chi connectivity index (χ3n) is 3.76. The van der Waals surface area contributed by atoms with E-state index in [1.165, 1.54) is 33.3 Å². The number of rotatable bonds is 7. The molecule has 6 nitrogen and oxygen atoms in total. The van der Waals surface area contributed by atoms with Gasteiger partial charge in [-0.25, -0.2) is 4.79 Å². The van der Waals surface area contributed by atoms with E-state index >= 15 is 0 Å². The van der Waals surface area contributed by atoms with Crippen molar-refractivity contribution in [3.63, 3.8) is 0 Å². The first-order valence-electron chi connectivity index (χ1n) is 8.51. The Labute approximate surface area is 173 Å². The molecule has 0 radical (unpaired) electrons. The second kappa shape index (κ2) is 10.0. The minimum Gasteiger partial charge on any atom is -0.463 e. The van der Waals surface area contributed by atoms with Crippen molar-refractivity contribution < 1.29 is 14.3 Å². The van der Waals surface area contributed by atoms with Gasteiger partial charge in [0.25, 0.3) is 5.56 Å². The Hall–Kier alpha value is -1.71. The smallest absolute Gasteiger partial charge is 0.333 e. The van der Waals surface area contributed by atoms with Crippen LogP contribution in [0.25, 0.3) is 12.2 Å². The molecule has 2 aromatic rings. The van der Waals surface area contributed by atoms with Crippen LogP contribution in [0.3, 0.4) is 0 Å². The standard InChI is InChI=1S/C18H21BrN2O4S2/c1-4-20(5-2)15(22)10-21-16(9-17(23)25-6-3)27-13(18(21)24)7-12-8-14(19)26-11-12/h7-9,11H,4-6,10H2,1-3H3/b13-7-,16-9-. The second-order valence-electron chi connectivity index (χ2n) is 5.49. The molecule has 2 aromatic heterocycles. The molecule has 0 saturated heterocycles. The van der Waals surface area contributed by atoms with Gasteiger partial charge < -0.3 is 9.64 Å². The quantitative estimate of drug-likeness (QED) is 0.575. The van der Waals surface area contributed by atoms with Gasteiger partial charge in [0, 0.05) is 13.1 Å². The highest BCUT2D eigenvalue weighted by molar-refractivity contribution is 9.11. The van der Waals surface area contributed by atoms with Crippen molar-refractivity contribution in [1.29, 1.82) is 0 Å². The average molecular weight is 473 g/mol. The molecule has 0 bridgehead atoms. The topological polar surface area (TPSA) is 68.6 Å². The van der Waals surface area contributed by atoms with E-state index < -0.39 is 5.97 Å². The lowest BCUT2D eigenvalue weighted by atomic mass is 10.3. The number of hydrogen-bond donors (Lipinski definition) is 0. The fourth-order valence-electron chi connectivity index (χ4n) is 2.44. The maximum absolute atomic E-state index is 12.9. The van der Waals surface area contributed by atoms with Crippen LogP contribution in [0.15, 0.2) is 20.0 Å². The minimum atomic E-state index is -0.535.